The highest BCUT2D eigenvalue weighted by Crippen LogP contribution is 2.29. The van der Waals surface area contributed by atoms with Crippen LogP contribution < -0.4 is 10.6 Å². The number of rotatable bonds is 5. The van der Waals surface area contributed by atoms with E-state index in [2.05, 4.69) is 20.6 Å². The predicted octanol–water partition coefficient (Wildman–Crippen LogP) is 0.109. The van der Waals surface area contributed by atoms with Crippen molar-refractivity contribution >= 4 is 5.91 Å². The summed E-state index contributed by atoms with van der Waals surface area (Å²) in [6.07, 6.45) is 4.76. The molecule has 0 aromatic carbocycles. The van der Waals surface area contributed by atoms with Gasteiger partial charge in [0.1, 0.15) is 6.33 Å². The number of aromatic nitrogens is 2. The Bertz CT molecular complexity index is 399. The van der Waals surface area contributed by atoms with Crippen LogP contribution in [0.2, 0.25) is 0 Å². The molecule has 6 heteroatoms. The largest absolute Gasteiger partial charge is 0.384 e. The van der Waals surface area contributed by atoms with Crippen LogP contribution in [0.3, 0.4) is 0 Å². The molecule has 1 aromatic rings. The van der Waals surface area contributed by atoms with Crippen LogP contribution in [-0.2, 0) is 16.1 Å². The van der Waals surface area contributed by atoms with Crippen LogP contribution in [-0.4, -0.2) is 42.7 Å². The van der Waals surface area contributed by atoms with Crippen LogP contribution in [0.5, 0.6) is 0 Å². The van der Waals surface area contributed by atoms with Crippen molar-refractivity contribution in [2.24, 2.45) is 5.41 Å². The van der Waals surface area contributed by atoms with Crippen molar-refractivity contribution in [2.75, 3.05) is 26.8 Å². The minimum atomic E-state index is -0.410. The molecule has 2 N–H and O–H groups in total. The standard InChI is InChI=1S/C13H20N4O2/c1-19-9-13(3-6-14-7-4-13)12(18)16-8-11-2-5-15-10-17-11/h2,5,10,14H,3-4,6-9H2,1H3,(H,16,18). The summed E-state index contributed by atoms with van der Waals surface area (Å²) < 4.78 is 5.24. The van der Waals surface area contributed by atoms with Gasteiger partial charge in [0.25, 0.3) is 0 Å². The molecular weight excluding hydrogens is 244 g/mol. The molecule has 6 nitrogen and oxygen atoms in total. The van der Waals surface area contributed by atoms with Gasteiger partial charge in [-0.05, 0) is 32.0 Å². The summed E-state index contributed by atoms with van der Waals surface area (Å²) in [5.74, 6) is 0.0504. The van der Waals surface area contributed by atoms with Crippen LogP contribution in [0.15, 0.2) is 18.6 Å². The molecule has 1 amide bonds. The minimum absolute atomic E-state index is 0.0504. The lowest BCUT2D eigenvalue weighted by Gasteiger charge is -2.35. The monoisotopic (exact) mass is 264 g/mol. The molecule has 1 aromatic heterocycles. The summed E-state index contributed by atoms with van der Waals surface area (Å²) in [6.45, 7) is 2.60. The first kappa shape index (κ1) is 13.9. The van der Waals surface area contributed by atoms with Crippen molar-refractivity contribution in [3.63, 3.8) is 0 Å². The van der Waals surface area contributed by atoms with E-state index < -0.39 is 5.41 Å². The third-order valence-electron chi connectivity index (χ3n) is 3.54. The zero-order valence-electron chi connectivity index (χ0n) is 11.2. The molecular formula is C13H20N4O2. The Labute approximate surface area is 113 Å². The lowest BCUT2D eigenvalue weighted by molar-refractivity contribution is -0.136. The predicted molar refractivity (Wildman–Crippen MR) is 70.3 cm³/mol. The van der Waals surface area contributed by atoms with Gasteiger partial charge in [0.05, 0.1) is 24.3 Å². The van der Waals surface area contributed by atoms with Crippen LogP contribution in [0, 0.1) is 5.41 Å². The first-order chi connectivity index (χ1) is 9.27. The Morgan fingerprint density at radius 3 is 2.95 bits per heavy atom. The first-order valence-corrected chi connectivity index (χ1v) is 6.50. The molecule has 0 saturated carbocycles. The van der Waals surface area contributed by atoms with E-state index in [0.29, 0.717) is 13.2 Å². The molecule has 0 radical (unpaired) electrons. The summed E-state index contributed by atoms with van der Waals surface area (Å²) in [5, 5.41) is 6.23. The van der Waals surface area contributed by atoms with E-state index in [1.807, 2.05) is 0 Å². The molecule has 2 heterocycles. The Hall–Kier alpha value is -1.53. The van der Waals surface area contributed by atoms with Gasteiger partial charge in [-0.2, -0.15) is 0 Å². The molecule has 0 unspecified atom stereocenters. The molecule has 19 heavy (non-hydrogen) atoms. The summed E-state index contributed by atoms with van der Waals surface area (Å²) in [4.78, 5) is 20.4. The molecule has 0 atom stereocenters. The Kier molecular flexibility index (Phi) is 4.81. The third kappa shape index (κ3) is 3.48. The van der Waals surface area contributed by atoms with E-state index in [1.165, 1.54) is 6.33 Å². The quantitative estimate of drug-likeness (QED) is 0.789. The van der Waals surface area contributed by atoms with Crippen molar-refractivity contribution in [3.05, 3.63) is 24.3 Å². The molecule has 0 aliphatic carbocycles. The van der Waals surface area contributed by atoms with E-state index in [0.717, 1.165) is 31.6 Å². The number of ether oxygens (including phenoxy) is 1. The number of carbonyl (C=O) groups is 1. The van der Waals surface area contributed by atoms with Gasteiger partial charge < -0.3 is 15.4 Å². The molecule has 2 rings (SSSR count). The van der Waals surface area contributed by atoms with Gasteiger partial charge in [-0.1, -0.05) is 0 Å². The van der Waals surface area contributed by atoms with Crippen LogP contribution >= 0.6 is 0 Å². The van der Waals surface area contributed by atoms with Gasteiger partial charge >= 0.3 is 0 Å². The van der Waals surface area contributed by atoms with Crippen LogP contribution in [0.1, 0.15) is 18.5 Å². The maximum absolute atomic E-state index is 12.4. The number of methoxy groups -OCH3 is 1. The van der Waals surface area contributed by atoms with Crippen molar-refractivity contribution in [1.82, 2.24) is 20.6 Å². The van der Waals surface area contributed by atoms with E-state index >= 15 is 0 Å². The SMILES string of the molecule is COCC1(C(=O)NCc2ccncn2)CCNCC1. The number of amides is 1. The number of nitrogens with zero attached hydrogens (tertiary/aromatic N) is 2. The normalized spacial score (nSPS) is 17.9. The van der Waals surface area contributed by atoms with Gasteiger partial charge in [-0.3, -0.25) is 4.79 Å². The van der Waals surface area contributed by atoms with Crippen molar-refractivity contribution in [2.45, 2.75) is 19.4 Å². The highest BCUT2D eigenvalue weighted by molar-refractivity contribution is 5.82. The fourth-order valence-electron chi connectivity index (χ4n) is 2.40. The van der Waals surface area contributed by atoms with E-state index in [9.17, 15) is 4.79 Å². The highest BCUT2D eigenvalue weighted by atomic mass is 16.5. The minimum Gasteiger partial charge on any atom is -0.384 e. The van der Waals surface area contributed by atoms with E-state index in [4.69, 9.17) is 4.74 Å². The Morgan fingerprint density at radius 1 is 1.53 bits per heavy atom. The Balaban J connectivity index is 1.96. The molecule has 0 bridgehead atoms. The summed E-state index contributed by atoms with van der Waals surface area (Å²) in [6, 6.07) is 1.80. The second kappa shape index (κ2) is 6.58. The molecule has 1 aliphatic rings. The number of carbonyl (C=O) groups excluding carboxylic acids is 1. The molecule has 1 saturated heterocycles. The number of hydrogen-bond donors (Lipinski definition) is 2. The summed E-state index contributed by atoms with van der Waals surface area (Å²) in [5.41, 5.74) is 0.400. The summed E-state index contributed by atoms with van der Waals surface area (Å²) in [7, 11) is 1.64. The maximum atomic E-state index is 12.4. The fraction of sp³-hybridized carbons (Fsp3) is 0.615. The van der Waals surface area contributed by atoms with Crippen molar-refractivity contribution in [1.29, 1.82) is 0 Å². The third-order valence-corrected chi connectivity index (χ3v) is 3.54. The van der Waals surface area contributed by atoms with Crippen molar-refractivity contribution < 1.29 is 9.53 Å². The van der Waals surface area contributed by atoms with Crippen LogP contribution in [0.4, 0.5) is 0 Å². The number of hydrogen-bond acceptors (Lipinski definition) is 5. The Morgan fingerprint density at radius 2 is 2.32 bits per heavy atom. The average Bonchev–Trinajstić information content (AvgIpc) is 2.47. The summed E-state index contributed by atoms with van der Waals surface area (Å²) >= 11 is 0. The maximum Gasteiger partial charge on any atom is 0.228 e. The van der Waals surface area contributed by atoms with Crippen molar-refractivity contribution in [3.8, 4) is 0 Å². The lowest BCUT2D eigenvalue weighted by Crippen LogP contribution is -2.50. The second-order valence-electron chi connectivity index (χ2n) is 4.85. The zero-order chi connectivity index (χ0) is 13.6. The van der Waals surface area contributed by atoms with E-state index in [1.54, 1.807) is 19.4 Å². The average molecular weight is 264 g/mol. The zero-order valence-corrected chi connectivity index (χ0v) is 11.2. The number of nitrogens with one attached hydrogen (secondary N) is 2. The molecule has 0 spiro atoms. The topological polar surface area (TPSA) is 76.1 Å². The highest BCUT2D eigenvalue weighted by Gasteiger charge is 2.39. The lowest BCUT2D eigenvalue weighted by atomic mass is 9.78. The van der Waals surface area contributed by atoms with Gasteiger partial charge in [-0.25, -0.2) is 9.97 Å². The smallest absolute Gasteiger partial charge is 0.228 e. The number of piperidine rings is 1. The van der Waals surface area contributed by atoms with Gasteiger partial charge in [0, 0.05) is 13.3 Å². The van der Waals surface area contributed by atoms with E-state index in [-0.39, 0.29) is 5.91 Å². The molecule has 104 valence electrons. The van der Waals surface area contributed by atoms with Gasteiger partial charge in [0.15, 0.2) is 0 Å². The van der Waals surface area contributed by atoms with Gasteiger partial charge in [0.2, 0.25) is 5.91 Å². The van der Waals surface area contributed by atoms with Crippen LogP contribution in [0.25, 0.3) is 0 Å². The first-order valence-electron chi connectivity index (χ1n) is 6.50. The fourth-order valence-corrected chi connectivity index (χ4v) is 2.40. The van der Waals surface area contributed by atoms with Gasteiger partial charge in [-0.15, -0.1) is 0 Å². The molecule has 1 aliphatic heterocycles. The molecule has 1 fully saturated rings. The second-order valence-corrected chi connectivity index (χ2v) is 4.85.